The number of unbranched alkanes of at least 4 members (excludes halogenated alkanes) is 30. The molecule has 0 aliphatic heterocycles. The fraction of sp³-hybridized carbons (Fsp3) is 0.957. The number of hydrogen-bond acceptors (Lipinski definition) is 5. The van der Waals surface area contributed by atoms with Crippen molar-refractivity contribution in [1.29, 1.82) is 0 Å². The molecule has 0 aliphatic rings. The van der Waals surface area contributed by atoms with Gasteiger partial charge in [0.15, 0.2) is 0 Å². The highest BCUT2D eigenvalue weighted by Crippen LogP contribution is 2.16. The van der Waals surface area contributed by atoms with Gasteiger partial charge in [0.05, 0.1) is 6.54 Å². The molecule has 55 heavy (non-hydrogen) atoms. The highest BCUT2D eigenvalue weighted by molar-refractivity contribution is 5.86. The zero-order valence-electron chi connectivity index (χ0n) is 36.9. The highest BCUT2D eigenvalue weighted by atomic mass is 35.5. The topological polar surface area (TPSA) is 99.5 Å². The van der Waals surface area contributed by atoms with Crippen LogP contribution in [0.15, 0.2) is 0 Å². The van der Waals surface area contributed by atoms with Crippen molar-refractivity contribution < 1.29 is 9.59 Å². The number of rotatable bonds is 45. The Kier molecular flexibility index (Phi) is 54.9. The van der Waals surface area contributed by atoms with E-state index in [1.54, 1.807) is 0 Å². The molecule has 0 bridgehead atoms. The number of amides is 2. The fourth-order valence-electron chi connectivity index (χ4n) is 7.33. The first kappa shape index (κ1) is 58.7. The summed E-state index contributed by atoms with van der Waals surface area (Å²) in [5, 5.41) is 9.50. The van der Waals surface area contributed by atoms with Crippen LogP contribution in [0.4, 0.5) is 0 Å². The number of nitrogens with one attached hydrogen (secondary N) is 3. The monoisotopic (exact) mass is 822 g/mol. The van der Waals surface area contributed by atoms with Crippen LogP contribution >= 0.6 is 24.8 Å². The Labute approximate surface area is 356 Å². The van der Waals surface area contributed by atoms with Gasteiger partial charge >= 0.3 is 0 Å². The van der Waals surface area contributed by atoms with Gasteiger partial charge in [-0.2, -0.15) is 0 Å². The standard InChI is InChI=1S/C46H95N5O2.2ClH/c1-3-5-7-9-11-13-15-17-19-21-23-25-27-29-31-33-42-51(46(53)44-50-45(52)36-40-48-38-35-39-49-41-37-47)43-34-32-30-28-26-24-22-20-18-16-14-12-10-8-6-4-2;;/h48-49H,3-44,47H2,1-2H3,(H,50,52);2*1H. The number of nitrogens with zero attached hydrogens (tertiary/aromatic N) is 1. The van der Waals surface area contributed by atoms with Crippen molar-refractivity contribution in [2.45, 2.75) is 232 Å². The molecule has 0 heterocycles. The van der Waals surface area contributed by atoms with Gasteiger partial charge in [-0.1, -0.05) is 206 Å². The Morgan fingerprint density at radius 3 is 1.05 bits per heavy atom. The fourth-order valence-corrected chi connectivity index (χ4v) is 7.33. The summed E-state index contributed by atoms with van der Waals surface area (Å²) in [5.41, 5.74) is 5.50. The Morgan fingerprint density at radius 2 is 0.727 bits per heavy atom. The summed E-state index contributed by atoms with van der Waals surface area (Å²) in [6.07, 6.45) is 44.8. The Hall–Kier alpha value is -0.600. The maximum Gasteiger partial charge on any atom is 0.241 e. The van der Waals surface area contributed by atoms with Crippen molar-refractivity contribution in [3.8, 4) is 0 Å². The van der Waals surface area contributed by atoms with Crippen LogP contribution in [0.3, 0.4) is 0 Å². The molecule has 0 rings (SSSR count). The lowest BCUT2D eigenvalue weighted by Gasteiger charge is -2.23. The zero-order chi connectivity index (χ0) is 38.6. The summed E-state index contributed by atoms with van der Waals surface area (Å²) in [6, 6.07) is 0. The second kappa shape index (κ2) is 51.4. The van der Waals surface area contributed by atoms with Gasteiger partial charge < -0.3 is 26.6 Å². The average Bonchev–Trinajstić information content (AvgIpc) is 3.16. The Morgan fingerprint density at radius 1 is 0.418 bits per heavy atom. The highest BCUT2D eigenvalue weighted by Gasteiger charge is 2.14. The summed E-state index contributed by atoms with van der Waals surface area (Å²) >= 11 is 0. The number of halogens is 2. The minimum absolute atomic E-state index is 0. The average molecular weight is 823 g/mol. The maximum absolute atomic E-state index is 13.2. The van der Waals surface area contributed by atoms with E-state index in [9.17, 15) is 9.59 Å². The SMILES string of the molecule is CCCCCCCCCCCCCCCCCCN(CCCCCCCCCCCCCCCCCC)C(=O)CNC(=O)CCNCCCNCCN.Cl.Cl. The van der Waals surface area contributed by atoms with E-state index >= 15 is 0 Å². The molecule has 0 radical (unpaired) electrons. The van der Waals surface area contributed by atoms with Crippen molar-refractivity contribution in [2.75, 3.05) is 52.4 Å². The maximum atomic E-state index is 13.2. The van der Waals surface area contributed by atoms with Gasteiger partial charge in [-0.15, -0.1) is 24.8 Å². The van der Waals surface area contributed by atoms with Crippen molar-refractivity contribution >= 4 is 36.6 Å². The van der Waals surface area contributed by atoms with Crippen LogP contribution < -0.4 is 21.7 Å². The lowest BCUT2D eigenvalue weighted by Crippen LogP contribution is -2.41. The minimum atomic E-state index is -0.0446. The molecule has 0 aromatic heterocycles. The third kappa shape index (κ3) is 47.7. The van der Waals surface area contributed by atoms with Crippen LogP contribution in [-0.2, 0) is 9.59 Å². The number of carbonyl (C=O) groups is 2. The summed E-state index contributed by atoms with van der Waals surface area (Å²) in [6.45, 7) is 10.3. The molecule has 9 heteroatoms. The van der Waals surface area contributed by atoms with Crippen LogP contribution in [0, 0.1) is 0 Å². The molecular weight excluding hydrogens is 725 g/mol. The van der Waals surface area contributed by atoms with Crippen LogP contribution in [0.2, 0.25) is 0 Å². The summed E-state index contributed by atoms with van der Waals surface area (Å²) in [7, 11) is 0. The molecule has 0 spiro atoms. The molecule has 0 aromatic rings. The summed E-state index contributed by atoms with van der Waals surface area (Å²) in [4.78, 5) is 27.7. The summed E-state index contributed by atoms with van der Waals surface area (Å²) < 4.78 is 0. The van der Waals surface area contributed by atoms with E-state index in [0.29, 0.717) is 19.5 Å². The predicted molar refractivity (Wildman–Crippen MR) is 247 cm³/mol. The smallest absolute Gasteiger partial charge is 0.241 e. The zero-order valence-corrected chi connectivity index (χ0v) is 38.5. The van der Waals surface area contributed by atoms with Gasteiger partial charge in [0.25, 0.3) is 0 Å². The first-order valence-electron chi connectivity index (χ1n) is 23.8. The molecule has 332 valence electrons. The molecule has 0 saturated heterocycles. The van der Waals surface area contributed by atoms with Gasteiger partial charge in [-0.3, -0.25) is 9.59 Å². The summed E-state index contributed by atoms with van der Waals surface area (Å²) in [5.74, 6) is 0.0380. The molecular formula is C46H97Cl2N5O2. The molecule has 0 fully saturated rings. The van der Waals surface area contributed by atoms with E-state index in [1.807, 2.05) is 4.90 Å². The van der Waals surface area contributed by atoms with Gasteiger partial charge in [0.1, 0.15) is 0 Å². The normalized spacial score (nSPS) is 11.0. The first-order chi connectivity index (χ1) is 26.2. The lowest BCUT2D eigenvalue weighted by molar-refractivity contribution is -0.133. The molecule has 7 nitrogen and oxygen atoms in total. The van der Waals surface area contributed by atoms with Crippen LogP contribution in [0.1, 0.15) is 232 Å². The van der Waals surface area contributed by atoms with Crippen molar-refractivity contribution in [1.82, 2.24) is 20.9 Å². The van der Waals surface area contributed by atoms with E-state index < -0.39 is 0 Å². The molecule has 0 saturated carbocycles. The third-order valence-electron chi connectivity index (χ3n) is 10.9. The van der Waals surface area contributed by atoms with Crippen molar-refractivity contribution in [3.63, 3.8) is 0 Å². The number of nitrogens with two attached hydrogens (primary N) is 1. The largest absolute Gasteiger partial charge is 0.347 e. The van der Waals surface area contributed by atoms with Gasteiger partial charge in [0, 0.05) is 39.1 Å². The second-order valence-electron chi connectivity index (χ2n) is 16.2. The van der Waals surface area contributed by atoms with Crippen molar-refractivity contribution in [2.24, 2.45) is 5.73 Å². The van der Waals surface area contributed by atoms with E-state index in [0.717, 1.165) is 52.0 Å². The van der Waals surface area contributed by atoms with Crippen LogP contribution in [0.25, 0.3) is 0 Å². The third-order valence-corrected chi connectivity index (χ3v) is 10.9. The second-order valence-corrected chi connectivity index (χ2v) is 16.2. The van der Waals surface area contributed by atoms with Gasteiger partial charge in [-0.05, 0) is 32.4 Å². The van der Waals surface area contributed by atoms with Gasteiger partial charge in [-0.25, -0.2) is 0 Å². The lowest BCUT2D eigenvalue weighted by atomic mass is 10.0. The predicted octanol–water partition coefficient (Wildman–Crippen LogP) is 12.2. The minimum Gasteiger partial charge on any atom is -0.347 e. The van der Waals surface area contributed by atoms with E-state index in [-0.39, 0.29) is 43.2 Å². The van der Waals surface area contributed by atoms with Crippen molar-refractivity contribution in [3.05, 3.63) is 0 Å². The first-order valence-corrected chi connectivity index (χ1v) is 23.8. The van der Waals surface area contributed by atoms with E-state index in [1.165, 1.54) is 193 Å². The molecule has 0 aromatic carbocycles. The van der Waals surface area contributed by atoms with E-state index in [2.05, 4.69) is 29.8 Å². The Balaban J connectivity index is -0.0000135. The Bertz CT molecular complexity index is 713. The number of carbonyl (C=O) groups excluding carboxylic acids is 2. The molecule has 0 aliphatic carbocycles. The van der Waals surface area contributed by atoms with Gasteiger partial charge in [0.2, 0.25) is 11.8 Å². The molecule has 5 N–H and O–H groups in total. The molecule has 2 amide bonds. The quantitative estimate of drug-likeness (QED) is 0.0459. The van der Waals surface area contributed by atoms with Crippen LogP contribution in [0.5, 0.6) is 0 Å². The number of hydrogen-bond donors (Lipinski definition) is 4. The molecule has 0 unspecified atom stereocenters. The molecule has 0 atom stereocenters. The van der Waals surface area contributed by atoms with Crippen LogP contribution in [-0.4, -0.2) is 69.1 Å². The van der Waals surface area contributed by atoms with E-state index in [4.69, 9.17) is 5.73 Å².